The molecule has 0 bridgehead atoms. The molecule has 1 heterocycles. The van der Waals surface area contributed by atoms with Crippen molar-refractivity contribution in [2.45, 2.75) is 38.6 Å². The first-order valence-corrected chi connectivity index (χ1v) is 13.8. The molecule has 0 saturated carbocycles. The van der Waals surface area contributed by atoms with Gasteiger partial charge in [0.1, 0.15) is 5.75 Å². The van der Waals surface area contributed by atoms with Crippen molar-refractivity contribution in [2.75, 3.05) is 19.3 Å². The van der Waals surface area contributed by atoms with E-state index in [1.807, 2.05) is 24.3 Å². The fraction of sp³-hybridized carbons (Fsp3) is 0.360. The molecule has 3 aromatic rings. The summed E-state index contributed by atoms with van der Waals surface area (Å²) >= 11 is 1.10. The second-order valence-corrected chi connectivity index (χ2v) is 10.8. The van der Waals surface area contributed by atoms with Gasteiger partial charge in [0.05, 0.1) is 12.8 Å². The minimum Gasteiger partial charge on any atom is -0.494 e. The average molecular weight is 492 g/mol. The second-order valence-electron chi connectivity index (χ2n) is 8.03. The number of unbranched alkanes of at least 4 members (excludes halogenated alkanes) is 2. The number of benzene rings is 2. The Hall–Kier alpha value is -2.02. The van der Waals surface area contributed by atoms with Crippen LogP contribution in [0.4, 0.5) is 4.39 Å². The lowest BCUT2D eigenvalue weighted by atomic mass is 10.1. The van der Waals surface area contributed by atoms with Gasteiger partial charge in [-0.2, -0.15) is 4.39 Å². The molecule has 0 fully saturated rings. The summed E-state index contributed by atoms with van der Waals surface area (Å²) in [5.41, 5.74) is 3.24. The Labute approximate surface area is 198 Å². The van der Waals surface area contributed by atoms with Crippen molar-refractivity contribution in [3.63, 3.8) is 0 Å². The van der Waals surface area contributed by atoms with Gasteiger partial charge in [-0.05, 0) is 85.7 Å². The summed E-state index contributed by atoms with van der Waals surface area (Å²) in [6.07, 6.45) is 4.49. The Morgan fingerprint density at radius 2 is 1.76 bits per heavy atom. The first kappa shape index (κ1) is 25.6. The monoisotopic (exact) mass is 491 g/mol. The van der Waals surface area contributed by atoms with E-state index in [-0.39, 0.29) is 11.3 Å². The Morgan fingerprint density at radius 3 is 2.48 bits per heavy atom. The topological polar surface area (TPSA) is 78.8 Å². The first-order chi connectivity index (χ1) is 15.9. The van der Waals surface area contributed by atoms with Crippen LogP contribution in [0.5, 0.6) is 5.75 Å². The molecule has 0 aliphatic carbocycles. The Bertz CT molecular complexity index is 1040. The molecule has 0 amide bonds. The van der Waals surface area contributed by atoms with Crippen LogP contribution in [0.25, 0.3) is 10.4 Å². The van der Waals surface area contributed by atoms with Gasteiger partial charge in [0, 0.05) is 11.4 Å². The maximum Gasteiger partial charge on any atom is 0.325 e. The van der Waals surface area contributed by atoms with E-state index in [2.05, 4.69) is 29.6 Å². The summed E-state index contributed by atoms with van der Waals surface area (Å²) in [6, 6.07) is 19.6. The number of ether oxygens (including phenoxy) is 1. The summed E-state index contributed by atoms with van der Waals surface area (Å²) < 4.78 is 30.5. The molecule has 8 heteroatoms. The van der Waals surface area contributed by atoms with E-state index < -0.39 is 7.60 Å². The second kappa shape index (κ2) is 13.0. The third kappa shape index (κ3) is 9.78. The van der Waals surface area contributed by atoms with Crippen molar-refractivity contribution in [2.24, 2.45) is 0 Å². The minimum absolute atomic E-state index is 0.132. The van der Waals surface area contributed by atoms with Gasteiger partial charge in [0.25, 0.3) is 0 Å². The van der Waals surface area contributed by atoms with Gasteiger partial charge < -0.3 is 19.8 Å². The van der Waals surface area contributed by atoms with Crippen LogP contribution in [0.15, 0.2) is 60.7 Å². The molecule has 2 aromatic carbocycles. The molecule has 0 aliphatic heterocycles. The van der Waals surface area contributed by atoms with E-state index in [1.165, 1.54) is 11.6 Å². The smallest absolute Gasteiger partial charge is 0.325 e. The van der Waals surface area contributed by atoms with Crippen LogP contribution in [0, 0.1) is 5.13 Å². The Morgan fingerprint density at radius 1 is 0.939 bits per heavy atom. The van der Waals surface area contributed by atoms with Crippen molar-refractivity contribution in [1.29, 1.82) is 0 Å². The summed E-state index contributed by atoms with van der Waals surface area (Å²) in [6.45, 7) is 1.66. The number of rotatable bonds is 14. The molecule has 5 nitrogen and oxygen atoms in total. The van der Waals surface area contributed by atoms with Gasteiger partial charge >= 0.3 is 7.60 Å². The first-order valence-electron chi connectivity index (χ1n) is 11.2. The van der Waals surface area contributed by atoms with Gasteiger partial charge in [-0.1, -0.05) is 30.3 Å². The highest BCUT2D eigenvalue weighted by molar-refractivity contribution is 7.51. The Kier molecular flexibility index (Phi) is 10.1. The standard InChI is InChI=1S/C25H31FNO4PS/c26-25-12-11-24(33-25)22-16-21(19-27-13-7-15-32(28,29)30)17-23(18-22)31-14-6-2-5-10-20-8-3-1-4-9-20/h1,3-4,8-9,11-12,16-18,27H,2,5-7,10,13-15,19H2,(H2,28,29,30). The van der Waals surface area contributed by atoms with Crippen LogP contribution >= 0.6 is 18.9 Å². The molecule has 0 atom stereocenters. The number of thiophene rings is 1. The predicted octanol–water partition coefficient (Wildman–Crippen LogP) is 6.00. The average Bonchev–Trinajstić information content (AvgIpc) is 3.22. The van der Waals surface area contributed by atoms with Crippen molar-refractivity contribution < 1.29 is 23.5 Å². The zero-order valence-corrected chi connectivity index (χ0v) is 20.3. The van der Waals surface area contributed by atoms with Crippen molar-refractivity contribution in [1.82, 2.24) is 5.32 Å². The van der Waals surface area contributed by atoms with Gasteiger partial charge in [-0.15, -0.1) is 11.3 Å². The van der Waals surface area contributed by atoms with Crippen LogP contribution in [0.1, 0.15) is 36.8 Å². The van der Waals surface area contributed by atoms with E-state index >= 15 is 0 Å². The van der Waals surface area contributed by atoms with Crippen molar-refractivity contribution in [3.8, 4) is 16.2 Å². The maximum atomic E-state index is 13.6. The van der Waals surface area contributed by atoms with Crippen molar-refractivity contribution in [3.05, 3.63) is 76.9 Å². The minimum atomic E-state index is -3.96. The molecule has 33 heavy (non-hydrogen) atoms. The lowest BCUT2D eigenvalue weighted by Crippen LogP contribution is -2.16. The number of halogens is 1. The summed E-state index contributed by atoms with van der Waals surface area (Å²) in [5.74, 6) is 0.747. The number of hydrogen-bond donors (Lipinski definition) is 3. The van der Waals surface area contributed by atoms with Gasteiger partial charge in [-0.3, -0.25) is 4.57 Å². The summed E-state index contributed by atoms with van der Waals surface area (Å²) in [7, 11) is -3.96. The van der Waals surface area contributed by atoms with Gasteiger partial charge in [-0.25, -0.2) is 0 Å². The van der Waals surface area contributed by atoms with Crippen LogP contribution in [-0.4, -0.2) is 29.1 Å². The number of aryl methyl sites for hydroxylation is 1. The fourth-order valence-corrected chi connectivity index (χ4v) is 4.83. The largest absolute Gasteiger partial charge is 0.494 e. The lowest BCUT2D eigenvalue weighted by molar-refractivity contribution is 0.305. The normalized spacial score (nSPS) is 11.6. The zero-order chi connectivity index (χ0) is 23.5. The molecule has 0 spiro atoms. The Balaban J connectivity index is 1.51. The molecule has 0 saturated heterocycles. The molecule has 3 N–H and O–H groups in total. The van der Waals surface area contributed by atoms with Gasteiger partial charge in [0.15, 0.2) is 5.13 Å². The van der Waals surface area contributed by atoms with Crippen LogP contribution in [-0.2, 0) is 17.5 Å². The lowest BCUT2D eigenvalue weighted by Gasteiger charge is -2.12. The predicted molar refractivity (Wildman–Crippen MR) is 132 cm³/mol. The molecular formula is C25H31FNO4PS. The molecule has 1 aromatic heterocycles. The summed E-state index contributed by atoms with van der Waals surface area (Å²) in [4.78, 5) is 18.8. The molecule has 178 valence electrons. The summed E-state index contributed by atoms with van der Waals surface area (Å²) in [5, 5.41) is 2.99. The van der Waals surface area contributed by atoms with Crippen LogP contribution in [0.2, 0.25) is 0 Å². The van der Waals surface area contributed by atoms with Crippen LogP contribution in [0.3, 0.4) is 0 Å². The highest BCUT2D eigenvalue weighted by Gasteiger charge is 2.11. The fourth-order valence-electron chi connectivity index (χ4n) is 3.54. The van der Waals surface area contributed by atoms with Crippen molar-refractivity contribution >= 4 is 18.9 Å². The highest BCUT2D eigenvalue weighted by atomic mass is 32.1. The van der Waals surface area contributed by atoms with E-state index in [0.29, 0.717) is 26.1 Å². The van der Waals surface area contributed by atoms with Gasteiger partial charge in [0.2, 0.25) is 0 Å². The number of nitrogens with one attached hydrogen (secondary N) is 1. The van der Waals surface area contributed by atoms with E-state index in [0.717, 1.165) is 58.8 Å². The molecule has 0 aliphatic rings. The number of hydrogen-bond acceptors (Lipinski definition) is 4. The zero-order valence-electron chi connectivity index (χ0n) is 18.6. The van der Waals surface area contributed by atoms with E-state index in [4.69, 9.17) is 14.5 Å². The molecule has 0 radical (unpaired) electrons. The third-order valence-corrected chi connectivity index (χ3v) is 7.00. The van der Waals surface area contributed by atoms with Crippen LogP contribution < -0.4 is 10.1 Å². The SMILES string of the molecule is O=P(O)(O)CCCNCc1cc(OCCCCCc2ccccc2)cc(-c2ccc(F)s2)c1. The molecular weight excluding hydrogens is 460 g/mol. The van der Waals surface area contributed by atoms with E-state index in [9.17, 15) is 8.96 Å². The highest BCUT2D eigenvalue weighted by Crippen LogP contribution is 2.34. The maximum absolute atomic E-state index is 13.6. The molecule has 0 unspecified atom stereocenters. The van der Waals surface area contributed by atoms with E-state index in [1.54, 1.807) is 6.07 Å². The quantitative estimate of drug-likeness (QED) is 0.190. The third-order valence-electron chi connectivity index (χ3n) is 5.18. The molecule has 3 rings (SSSR count).